The van der Waals surface area contributed by atoms with E-state index in [1.165, 1.54) is 0 Å². The van der Waals surface area contributed by atoms with Crippen LogP contribution in [0.5, 0.6) is 0 Å². The molecule has 20 heavy (non-hydrogen) atoms. The largest absolute Gasteiger partial charge is 0.481 e. The molecule has 2 aromatic carbocycles. The molecule has 2 nitrogen and oxygen atoms in total. The van der Waals surface area contributed by atoms with Crippen LogP contribution in [0.2, 0.25) is 0 Å². The Morgan fingerprint density at radius 1 is 0.900 bits per heavy atom. The second-order valence-corrected chi connectivity index (χ2v) is 5.30. The van der Waals surface area contributed by atoms with Crippen molar-refractivity contribution in [2.24, 2.45) is 5.92 Å². The third-order valence-corrected chi connectivity index (χ3v) is 3.80. The number of hydrogen-bond donors (Lipinski definition) is 1. The summed E-state index contributed by atoms with van der Waals surface area (Å²) in [6, 6.07) is 16.0. The van der Waals surface area contributed by atoms with Crippen molar-refractivity contribution in [2.45, 2.75) is 26.7 Å². The van der Waals surface area contributed by atoms with Crippen molar-refractivity contribution in [2.75, 3.05) is 0 Å². The summed E-state index contributed by atoms with van der Waals surface area (Å²) in [7, 11) is 0. The molecule has 0 saturated carbocycles. The minimum Gasteiger partial charge on any atom is -0.481 e. The van der Waals surface area contributed by atoms with Gasteiger partial charge in [-0.05, 0) is 48.9 Å². The molecule has 0 fully saturated rings. The van der Waals surface area contributed by atoms with Gasteiger partial charge in [0.1, 0.15) is 0 Å². The molecular formula is C18H20O2. The smallest absolute Gasteiger partial charge is 0.307 e. The maximum Gasteiger partial charge on any atom is 0.307 e. The molecule has 0 heterocycles. The highest BCUT2D eigenvalue weighted by atomic mass is 16.4. The van der Waals surface area contributed by atoms with Crippen molar-refractivity contribution in [1.29, 1.82) is 0 Å². The first kappa shape index (κ1) is 14.3. The fourth-order valence-electron chi connectivity index (χ4n) is 2.46. The molecular weight excluding hydrogens is 248 g/mol. The van der Waals surface area contributed by atoms with Gasteiger partial charge >= 0.3 is 5.97 Å². The Morgan fingerprint density at radius 2 is 1.30 bits per heavy atom. The molecule has 0 aliphatic heterocycles. The summed E-state index contributed by atoms with van der Waals surface area (Å²) in [5.41, 5.74) is 4.55. The van der Waals surface area contributed by atoms with Gasteiger partial charge in [-0.15, -0.1) is 0 Å². The fourth-order valence-corrected chi connectivity index (χ4v) is 2.46. The average Bonchev–Trinajstić information content (AvgIpc) is 2.42. The van der Waals surface area contributed by atoms with Gasteiger partial charge in [0.25, 0.3) is 0 Å². The van der Waals surface area contributed by atoms with E-state index < -0.39 is 5.97 Å². The Labute approximate surface area is 120 Å². The van der Waals surface area contributed by atoms with Gasteiger partial charge in [-0.25, -0.2) is 0 Å². The number of carboxylic acids is 1. The van der Waals surface area contributed by atoms with Crippen molar-refractivity contribution >= 4 is 5.97 Å². The van der Waals surface area contributed by atoms with Crippen LogP contribution in [-0.2, 0) is 17.6 Å². The summed E-state index contributed by atoms with van der Waals surface area (Å²) in [4.78, 5) is 11.5. The molecule has 0 atom stereocenters. The molecule has 1 N–H and O–H groups in total. The quantitative estimate of drug-likeness (QED) is 0.895. The number of carboxylic acid groups (broad SMARTS) is 1. The van der Waals surface area contributed by atoms with Gasteiger partial charge < -0.3 is 5.11 Å². The average molecular weight is 268 g/mol. The van der Waals surface area contributed by atoms with Crippen LogP contribution in [-0.4, -0.2) is 11.1 Å². The third-order valence-electron chi connectivity index (χ3n) is 3.80. The van der Waals surface area contributed by atoms with E-state index >= 15 is 0 Å². The van der Waals surface area contributed by atoms with Crippen LogP contribution in [0, 0.1) is 19.8 Å². The fraction of sp³-hybridized carbons (Fsp3) is 0.278. The summed E-state index contributed by atoms with van der Waals surface area (Å²) < 4.78 is 0. The van der Waals surface area contributed by atoms with Crippen molar-refractivity contribution in [3.8, 4) is 0 Å². The van der Waals surface area contributed by atoms with E-state index in [-0.39, 0.29) is 5.92 Å². The van der Waals surface area contributed by atoms with Crippen LogP contribution in [0.3, 0.4) is 0 Å². The van der Waals surface area contributed by atoms with Crippen LogP contribution in [0.1, 0.15) is 22.3 Å². The number of carbonyl (C=O) groups is 1. The van der Waals surface area contributed by atoms with Gasteiger partial charge in [-0.1, -0.05) is 48.5 Å². The molecule has 0 unspecified atom stereocenters. The molecule has 2 rings (SSSR count). The number of rotatable bonds is 5. The van der Waals surface area contributed by atoms with Gasteiger partial charge in [-0.3, -0.25) is 4.79 Å². The van der Waals surface area contributed by atoms with Gasteiger partial charge in [0.05, 0.1) is 5.92 Å². The standard InChI is InChI=1S/C18H20O2/c1-13-7-3-5-9-15(13)11-17(18(19)20)12-16-10-6-4-8-14(16)2/h3-10,17H,11-12H2,1-2H3,(H,19,20). The number of hydrogen-bond acceptors (Lipinski definition) is 1. The van der Waals surface area contributed by atoms with Gasteiger partial charge in [0.2, 0.25) is 0 Å². The first-order chi connectivity index (χ1) is 9.58. The predicted molar refractivity (Wildman–Crippen MR) is 80.9 cm³/mol. The summed E-state index contributed by atoms with van der Waals surface area (Å²) >= 11 is 0. The molecule has 0 aliphatic rings. The molecule has 0 spiro atoms. The predicted octanol–water partition coefficient (Wildman–Crippen LogP) is 3.79. The summed E-state index contributed by atoms with van der Waals surface area (Å²) in [6.07, 6.45) is 1.16. The lowest BCUT2D eigenvalue weighted by Crippen LogP contribution is -2.20. The summed E-state index contributed by atoms with van der Waals surface area (Å²) in [5.74, 6) is -1.10. The highest BCUT2D eigenvalue weighted by Gasteiger charge is 2.20. The van der Waals surface area contributed by atoms with Crippen LogP contribution in [0.15, 0.2) is 48.5 Å². The van der Waals surface area contributed by atoms with Crippen molar-refractivity contribution in [3.63, 3.8) is 0 Å². The maximum absolute atomic E-state index is 11.5. The molecule has 104 valence electrons. The number of aliphatic carboxylic acids is 1. The topological polar surface area (TPSA) is 37.3 Å². The molecule has 0 aliphatic carbocycles. The van der Waals surface area contributed by atoms with E-state index in [9.17, 15) is 9.90 Å². The SMILES string of the molecule is Cc1ccccc1CC(Cc1ccccc1C)C(=O)O. The molecule has 0 radical (unpaired) electrons. The van der Waals surface area contributed by atoms with E-state index in [0.717, 1.165) is 22.3 Å². The normalized spacial score (nSPS) is 10.8. The van der Waals surface area contributed by atoms with E-state index in [1.54, 1.807) is 0 Å². The Morgan fingerprint density at radius 3 is 1.65 bits per heavy atom. The molecule has 2 aromatic rings. The zero-order valence-corrected chi connectivity index (χ0v) is 12.0. The van der Waals surface area contributed by atoms with Crippen LogP contribution in [0.25, 0.3) is 0 Å². The maximum atomic E-state index is 11.5. The van der Waals surface area contributed by atoms with E-state index in [2.05, 4.69) is 0 Å². The number of benzene rings is 2. The minimum absolute atomic E-state index is 0.378. The van der Waals surface area contributed by atoms with Crippen molar-refractivity contribution in [3.05, 3.63) is 70.8 Å². The van der Waals surface area contributed by atoms with Crippen LogP contribution in [0.4, 0.5) is 0 Å². The molecule has 0 bridgehead atoms. The van der Waals surface area contributed by atoms with Crippen LogP contribution < -0.4 is 0 Å². The first-order valence-corrected chi connectivity index (χ1v) is 6.89. The van der Waals surface area contributed by atoms with E-state index in [0.29, 0.717) is 12.8 Å². The first-order valence-electron chi connectivity index (χ1n) is 6.89. The zero-order valence-electron chi connectivity index (χ0n) is 12.0. The Bertz CT molecular complexity index is 554. The van der Waals surface area contributed by atoms with E-state index in [1.807, 2.05) is 62.4 Å². The molecule has 2 heteroatoms. The highest BCUT2D eigenvalue weighted by molar-refractivity contribution is 5.71. The molecule has 0 amide bonds. The molecule has 0 aromatic heterocycles. The summed E-state index contributed by atoms with van der Waals surface area (Å²) in [6.45, 7) is 4.06. The summed E-state index contributed by atoms with van der Waals surface area (Å²) in [5, 5.41) is 9.48. The van der Waals surface area contributed by atoms with Crippen molar-refractivity contribution < 1.29 is 9.90 Å². The lowest BCUT2D eigenvalue weighted by molar-refractivity contribution is -0.141. The second-order valence-electron chi connectivity index (χ2n) is 5.30. The van der Waals surface area contributed by atoms with Crippen molar-refractivity contribution in [1.82, 2.24) is 0 Å². The minimum atomic E-state index is -0.725. The number of aryl methyl sites for hydroxylation is 2. The highest BCUT2D eigenvalue weighted by Crippen LogP contribution is 2.19. The lowest BCUT2D eigenvalue weighted by Gasteiger charge is -2.15. The lowest BCUT2D eigenvalue weighted by atomic mass is 9.89. The van der Waals surface area contributed by atoms with Gasteiger partial charge in [0.15, 0.2) is 0 Å². The van der Waals surface area contributed by atoms with Crippen LogP contribution >= 0.6 is 0 Å². The van der Waals surface area contributed by atoms with Gasteiger partial charge in [0, 0.05) is 0 Å². The Hall–Kier alpha value is -2.09. The monoisotopic (exact) mass is 268 g/mol. The Balaban J connectivity index is 2.19. The molecule has 0 saturated heterocycles. The second kappa shape index (κ2) is 6.38. The van der Waals surface area contributed by atoms with E-state index in [4.69, 9.17) is 0 Å². The van der Waals surface area contributed by atoms with Gasteiger partial charge in [-0.2, -0.15) is 0 Å². The third kappa shape index (κ3) is 3.47. The Kier molecular flexibility index (Phi) is 4.57. The zero-order chi connectivity index (χ0) is 14.5.